The number of aromatic nitrogens is 3. The van der Waals surface area contributed by atoms with Crippen LogP contribution < -0.4 is 0 Å². The maximum Gasteiger partial charge on any atom is 0.254 e. The summed E-state index contributed by atoms with van der Waals surface area (Å²) < 4.78 is 5.32. The minimum absolute atomic E-state index is 0.111. The van der Waals surface area contributed by atoms with Crippen LogP contribution in [0.15, 0.2) is 61.1 Å². The summed E-state index contributed by atoms with van der Waals surface area (Å²) in [5, 5.41) is 0. The lowest BCUT2D eigenvalue weighted by atomic mass is 10.0. The summed E-state index contributed by atoms with van der Waals surface area (Å²) >= 11 is 0. The standard InChI is InChI=1S/C19H20N4O2/c1-23(17(13-25-2)16-9-5-6-10-20-16)19(24)15-8-4-3-7-14(15)18-21-11-12-22-18/h3-12,17H,13H2,1-2H3,(H,21,22). The van der Waals surface area contributed by atoms with Crippen molar-refractivity contribution in [2.24, 2.45) is 0 Å². The molecule has 0 aliphatic carbocycles. The number of likely N-dealkylation sites (N-methyl/N-ethyl adjacent to an activating group) is 1. The van der Waals surface area contributed by atoms with Crippen molar-refractivity contribution in [2.75, 3.05) is 20.8 Å². The Kier molecular flexibility index (Phi) is 5.20. The molecule has 3 aromatic rings. The van der Waals surface area contributed by atoms with E-state index in [1.807, 2.05) is 36.4 Å². The Balaban J connectivity index is 1.94. The minimum atomic E-state index is -0.275. The fourth-order valence-electron chi connectivity index (χ4n) is 2.75. The second-order valence-corrected chi connectivity index (χ2v) is 5.63. The van der Waals surface area contributed by atoms with E-state index in [1.54, 1.807) is 43.7 Å². The number of nitrogens with one attached hydrogen (secondary N) is 1. The molecule has 6 nitrogen and oxygen atoms in total. The van der Waals surface area contributed by atoms with Crippen LogP contribution in [0.2, 0.25) is 0 Å². The van der Waals surface area contributed by atoms with E-state index < -0.39 is 0 Å². The number of aromatic amines is 1. The molecule has 1 atom stereocenters. The summed E-state index contributed by atoms with van der Waals surface area (Å²) in [7, 11) is 3.38. The van der Waals surface area contributed by atoms with Crippen LogP contribution in [0.3, 0.4) is 0 Å². The molecule has 25 heavy (non-hydrogen) atoms. The number of carbonyl (C=O) groups is 1. The number of carbonyl (C=O) groups excluding carboxylic acids is 1. The van der Waals surface area contributed by atoms with Crippen LogP contribution in [0.4, 0.5) is 0 Å². The molecular formula is C19H20N4O2. The number of hydrogen-bond donors (Lipinski definition) is 1. The molecule has 3 rings (SSSR count). The van der Waals surface area contributed by atoms with Gasteiger partial charge in [-0.05, 0) is 18.2 Å². The predicted molar refractivity (Wildman–Crippen MR) is 95.0 cm³/mol. The molecule has 1 N–H and O–H groups in total. The minimum Gasteiger partial charge on any atom is -0.382 e. The fraction of sp³-hybridized carbons (Fsp3) is 0.211. The quantitative estimate of drug-likeness (QED) is 0.751. The Morgan fingerprint density at radius 2 is 1.96 bits per heavy atom. The lowest BCUT2D eigenvalue weighted by Gasteiger charge is -2.28. The highest BCUT2D eigenvalue weighted by Gasteiger charge is 2.25. The molecule has 0 fully saturated rings. The summed E-state index contributed by atoms with van der Waals surface area (Å²) in [6, 6.07) is 12.8. The summed E-state index contributed by atoms with van der Waals surface area (Å²) in [5.74, 6) is 0.554. The zero-order chi connectivity index (χ0) is 17.6. The number of rotatable bonds is 6. The molecule has 2 aromatic heterocycles. The van der Waals surface area contributed by atoms with Crippen molar-refractivity contribution in [3.8, 4) is 11.4 Å². The smallest absolute Gasteiger partial charge is 0.254 e. The normalized spacial score (nSPS) is 11.9. The molecule has 0 saturated carbocycles. The Bertz CT molecular complexity index is 818. The van der Waals surface area contributed by atoms with Gasteiger partial charge in [-0.3, -0.25) is 9.78 Å². The number of amides is 1. The summed E-state index contributed by atoms with van der Waals surface area (Å²) in [4.78, 5) is 26.5. The molecule has 0 aliphatic rings. The number of nitrogens with zero attached hydrogens (tertiary/aromatic N) is 3. The molecule has 128 valence electrons. The van der Waals surface area contributed by atoms with Gasteiger partial charge < -0.3 is 14.6 Å². The van der Waals surface area contributed by atoms with E-state index in [9.17, 15) is 4.79 Å². The van der Waals surface area contributed by atoms with E-state index >= 15 is 0 Å². The van der Waals surface area contributed by atoms with Gasteiger partial charge in [0.15, 0.2) is 0 Å². The number of benzene rings is 1. The Morgan fingerprint density at radius 3 is 2.64 bits per heavy atom. The second kappa shape index (κ2) is 7.72. The van der Waals surface area contributed by atoms with E-state index in [2.05, 4.69) is 15.0 Å². The molecule has 0 radical (unpaired) electrons. The number of pyridine rings is 1. The molecule has 1 amide bonds. The summed E-state index contributed by atoms with van der Waals surface area (Å²) in [6.45, 7) is 0.363. The van der Waals surface area contributed by atoms with Crippen LogP contribution in [0.25, 0.3) is 11.4 Å². The molecular weight excluding hydrogens is 316 g/mol. The number of imidazole rings is 1. The topological polar surface area (TPSA) is 71.1 Å². The van der Waals surface area contributed by atoms with Crippen LogP contribution in [0, 0.1) is 0 Å². The third-order valence-corrected chi connectivity index (χ3v) is 4.05. The van der Waals surface area contributed by atoms with Crippen LogP contribution in [-0.2, 0) is 4.74 Å². The lowest BCUT2D eigenvalue weighted by molar-refractivity contribution is 0.0595. The molecule has 1 aromatic carbocycles. The molecule has 6 heteroatoms. The van der Waals surface area contributed by atoms with Gasteiger partial charge in [0.05, 0.1) is 23.9 Å². The Hall–Kier alpha value is -2.99. The number of hydrogen-bond acceptors (Lipinski definition) is 4. The van der Waals surface area contributed by atoms with Gasteiger partial charge in [-0.2, -0.15) is 0 Å². The highest BCUT2D eigenvalue weighted by Crippen LogP contribution is 2.25. The van der Waals surface area contributed by atoms with Crippen molar-refractivity contribution in [3.05, 3.63) is 72.3 Å². The molecule has 1 unspecified atom stereocenters. The van der Waals surface area contributed by atoms with Gasteiger partial charge in [0.25, 0.3) is 5.91 Å². The van der Waals surface area contributed by atoms with Gasteiger partial charge in [-0.1, -0.05) is 24.3 Å². The van der Waals surface area contributed by atoms with Crippen molar-refractivity contribution in [3.63, 3.8) is 0 Å². The van der Waals surface area contributed by atoms with Crippen molar-refractivity contribution >= 4 is 5.91 Å². The zero-order valence-electron chi connectivity index (χ0n) is 14.2. The SMILES string of the molecule is COCC(c1ccccn1)N(C)C(=O)c1ccccc1-c1ncc[nH]1. The van der Waals surface area contributed by atoms with Gasteiger partial charge in [-0.25, -0.2) is 4.98 Å². The Morgan fingerprint density at radius 1 is 1.16 bits per heavy atom. The van der Waals surface area contributed by atoms with E-state index in [0.29, 0.717) is 18.0 Å². The van der Waals surface area contributed by atoms with Gasteiger partial charge in [-0.15, -0.1) is 0 Å². The van der Waals surface area contributed by atoms with Crippen LogP contribution >= 0.6 is 0 Å². The molecule has 0 aliphatic heterocycles. The first-order valence-corrected chi connectivity index (χ1v) is 7.98. The van der Waals surface area contributed by atoms with E-state index in [4.69, 9.17) is 4.74 Å². The van der Waals surface area contributed by atoms with E-state index in [1.165, 1.54) is 0 Å². The first-order chi connectivity index (χ1) is 12.2. The second-order valence-electron chi connectivity index (χ2n) is 5.63. The maximum atomic E-state index is 13.2. The highest BCUT2D eigenvalue weighted by molar-refractivity contribution is 6.00. The summed E-state index contributed by atoms with van der Waals surface area (Å²) in [5.41, 5.74) is 2.13. The van der Waals surface area contributed by atoms with Crippen molar-refractivity contribution < 1.29 is 9.53 Å². The number of H-pyrrole nitrogens is 1. The first-order valence-electron chi connectivity index (χ1n) is 7.98. The Labute approximate surface area is 146 Å². The third-order valence-electron chi connectivity index (χ3n) is 4.05. The molecule has 0 bridgehead atoms. The highest BCUT2D eigenvalue weighted by atomic mass is 16.5. The average molecular weight is 336 g/mol. The number of ether oxygens (including phenoxy) is 1. The lowest BCUT2D eigenvalue weighted by Crippen LogP contribution is -2.34. The van der Waals surface area contributed by atoms with Gasteiger partial charge in [0, 0.05) is 38.3 Å². The largest absolute Gasteiger partial charge is 0.382 e. The van der Waals surface area contributed by atoms with Crippen molar-refractivity contribution in [1.29, 1.82) is 0 Å². The molecule has 0 saturated heterocycles. The summed E-state index contributed by atoms with van der Waals surface area (Å²) in [6.07, 6.45) is 5.12. The van der Waals surface area contributed by atoms with E-state index in [-0.39, 0.29) is 11.9 Å². The van der Waals surface area contributed by atoms with Crippen LogP contribution in [-0.4, -0.2) is 46.5 Å². The average Bonchev–Trinajstić information content (AvgIpc) is 3.20. The zero-order valence-corrected chi connectivity index (χ0v) is 14.2. The van der Waals surface area contributed by atoms with Gasteiger partial charge >= 0.3 is 0 Å². The van der Waals surface area contributed by atoms with Crippen LogP contribution in [0.1, 0.15) is 22.1 Å². The fourth-order valence-corrected chi connectivity index (χ4v) is 2.75. The predicted octanol–water partition coefficient (Wildman–Crippen LogP) is 2.93. The monoisotopic (exact) mass is 336 g/mol. The maximum absolute atomic E-state index is 13.2. The third kappa shape index (κ3) is 3.59. The number of methoxy groups -OCH3 is 1. The molecule has 2 heterocycles. The van der Waals surface area contributed by atoms with Gasteiger partial charge in [0.1, 0.15) is 5.82 Å². The van der Waals surface area contributed by atoms with Crippen molar-refractivity contribution in [1.82, 2.24) is 19.9 Å². The molecule has 0 spiro atoms. The van der Waals surface area contributed by atoms with Crippen molar-refractivity contribution in [2.45, 2.75) is 6.04 Å². The van der Waals surface area contributed by atoms with Gasteiger partial charge in [0.2, 0.25) is 0 Å². The van der Waals surface area contributed by atoms with Crippen LogP contribution in [0.5, 0.6) is 0 Å². The first kappa shape index (κ1) is 16.9. The van der Waals surface area contributed by atoms with E-state index in [0.717, 1.165) is 11.3 Å².